The van der Waals surface area contributed by atoms with Crippen LogP contribution in [0.3, 0.4) is 0 Å². The molecule has 0 aliphatic carbocycles. The number of hydrogen-bond donors (Lipinski definition) is 2. The lowest BCUT2D eigenvalue weighted by Crippen LogP contribution is -2.24. The molecule has 0 radical (unpaired) electrons. The molecule has 0 fully saturated rings. The summed E-state index contributed by atoms with van der Waals surface area (Å²) in [5, 5.41) is 14.1. The lowest BCUT2D eigenvalue weighted by Gasteiger charge is -1.97. The lowest BCUT2D eigenvalue weighted by atomic mass is 10.2. The summed E-state index contributed by atoms with van der Waals surface area (Å²) in [4.78, 5) is 20.4. The highest BCUT2D eigenvalue weighted by molar-refractivity contribution is 9.10. The predicted molar refractivity (Wildman–Crippen MR) is 61.1 cm³/mol. The number of urea groups is 1. The first-order valence-corrected chi connectivity index (χ1v) is 4.82. The largest absolute Gasteiger partial charge is 0.350 e. The number of nitrogens with one attached hydrogen (secondary N) is 1. The van der Waals surface area contributed by atoms with E-state index in [2.05, 4.69) is 21.0 Å². The van der Waals surface area contributed by atoms with Crippen molar-refractivity contribution in [2.75, 3.05) is 0 Å². The zero-order chi connectivity index (χ0) is 12.1. The van der Waals surface area contributed by atoms with Crippen molar-refractivity contribution in [3.63, 3.8) is 0 Å². The third-order valence-electron chi connectivity index (χ3n) is 1.56. The van der Waals surface area contributed by atoms with Crippen molar-refractivity contribution in [1.29, 1.82) is 0 Å². The first-order chi connectivity index (χ1) is 7.50. The summed E-state index contributed by atoms with van der Waals surface area (Å²) in [6.45, 7) is 0. The van der Waals surface area contributed by atoms with Gasteiger partial charge in [-0.25, -0.2) is 10.2 Å². The number of benzene rings is 1. The third-order valence-corrected chi connectivity index (χ3v) is 2.23. The molecule has 8 heteroatoms. The average molecular weight is 287 g/mol. The van der Waals surface area contributed by atoms with Crippen molar-refractivity contribution in [3.05, 3.63) is 38.3 Å². The highest BCUT2D eigenvalue weighted by Gasteiger charge is 2.11. The average Bonchev–Trinajstić information content (AvgIpc) is 2.19. The van der Waals surface area contributed by atoms with Crippen LogP contribution >= 0.6 is 15.9 Å². The molecular formula is C8H7BrN4O3. The zero-order valence-corrected chi connectivity index (χ0v) is 9.47. The van der Waals surface area contributed by atoms with Crippen LogP contribution in [0, 0.1) is 10.1 Å². The molecule has 1 aromatic carbocycles. The highest BCUT2D eigenvalue weighted by Crippen LogP contribution is 2.24. The topological polar surface area (TPSA) is 111 Å². The molecule has 16 heavy (non-hydrogen) atoms. The number of hydrazone groups is 1. The van der Waals surface area contributed by atoms with E-state index in [1.54, 1.807) is 6.07 Å². The molecule has 0 heterocycles. The number of nitro benzene ring substituents is 1. The Morgan fingerprint density at radius 2 is 2.31 bits per heavy atom. The minimum atomic E-state index is -0.803. The summed E-state index contributed by atoms with van der Waals surface area (Å²) in [7, 11) is 0. The van der Waals surface area contributed by atoms with Crippen molar-refractivity contribution in [2.45, 2.75) is 0 Å². The van der Waals surface area contributed by atoms with Crippen molar-refractivity contribution in [1.82, 2.24) is 5.43 Å². The monoisotopic (exact) mass is 286 g/mol. The smallest absolute Gasteiger partial charge is 0.332 e. The number of carbonyl (C=O) groups is 1. The Labute approximate surface area is 98.6 Å². The fourth-order valence-corrected chi connectivity index (χ4v) is 1.31. The van der Waals surface area contributed by atoms with E-state index in [0.717, 1.165) is 0 Å². The van der Waals surface area contributed by atoms with Gasteiger partial charge in [0.15, 0.2) is 0 Å². The van der Waals surface area contributed by atoms with Gasteiger partial charge in [-0.15, -0.1) is 0 Å². The standard InChI is InChI=1S/C8H7BrN4O3/c9-6-2-1-5(3-7(6)13(15)16)4-11-12-8(10)14/h1-4H,(H3,10,12,14). The van der Waals surface area contributed by atoms with Crippen molar-refractivity contribution >= 4 is 33.9 Å². The van der Waals surface area contributed by atoms with Gasteiger partial charge in [-0.2, -0.15) is 5.10 Å². The molecule has 0 aliphatic rings. The van der Waals surface area contributed by atoms with E-state index >= 15 is 0 Å². The SMILES string of the molecule is NC(=O)NN=Cc1ccc(Br)c([N+](=O)[O-])c1. The van der Waals surface area contributed by atoms with E-state index in [9.17, 15) is 14.9 Å². The normalized spacial score (nSPS) is 10.3. The van der Waals surface area contributed by atoms with E-state index in [-0.39, 0.29) is 5.69 Å². The lowest BCUT2D eigenvalue weighted by molar-refractivity contribution is -0.385. The van der Waals surface area contributed by atoms with Crippen molar-refractivity contribution in [3.8, 4) is 0 Å². The molecule has 1 rings (SSSR count). The molecule has 0 spiro atoms. The molecule has 7 nitrogen and oxygen atoms in total. The third kappa shape index (κ3) is 3.31. The molecule has 0 aromatic heterocycles. The van der Waals surface area contributed by atoms with Gasteiger partial charge in [0.2, 0.25) is 0 Å². The molecule has 0 aliphatic heterocycles. The van der Waals surface area contributed by atoms with E-state index in [1.807, 2.05) is 5.43 Å². The first kappa shape index (κ1) is 12.1. The Kier molecular flexibility index (Phi) is 3.95. The van der Waals surface area contributed by atoms with Crippen LogP contribution in [0.1, 0.15) is 5.56 Å². The highest BCUT2D eigenvalue weighted by atomic mass is 79.9. The van der Waals surface area contributed by atoms with Crippen LogP contribution in [0.5, 0.6) is 0 Å². The van der Waals surface area contributed by atoms with Gasteiger partial charge in [-0.1, -0.05) is 6.07 Å². The number of hydrogen-bond acceptors (Lipinski definition) is 4. The van der Waals surface area contributed by atoms with Crippen molar-refractivity contribution < 1.29 is 9.72 Å². The number of nitrogens with zero attached hydrogens (tertiary/aromatic N) is 2. The second kappa shape index (κ2) is 5.21. The molecule has 0 atom stereocenters. The van der Waals surface area contributed by atoms with Crippen LogP contribution in [0.15, 0.2) is 27.8 Å². The molecule has 2 amide bonds. The number of nitrogens with two attached hydrogens (primary N) is 1. The minimum absolute atomic E-state index is 0.0805. The number of rotatable bonds is 3. The number of carbonyl (C=O) groups excluding carboxylic acids is 1. The number of primary amides is 1. The molecule has 0 bridgehead atoms. The van der Waals surface area contributed by atoms with Crippen LogP contribution in [0.2, 0.25) is 0 Å². The number of halogens is 1. The van der Waals surface area contributed by atoms with Crippen LogP contribution < -0.4 is 11.2 Å². The maximum absolute atomic E-state index is 10.6. The van der Waals surface area contributed by atoms with Crippen LogP contribution in [0.4, 0.5) is 10.5 Å². The zero-order valence-electron chi connectivity index (χ0n) is 7.88. The van der Waals surface area contributed by atoms with E-state index in [0.29, 0.717) is 10.0 Å². The van der Waals surface area contributed by atoms with Gasteiger partial charge < -0.3 is 5.73 Å². The quantitative estimate of drug-likeness (QED) is 0.497. The van der Waals surface area contributed by atoms with Gasteiger partial charge in [0, 0.05) is 11.6 Å². The molecule has 84 valence electrons. The molecule has 0 unspecified atom stereocenters. The molecule has 3 N–H and O–H groups in total. The van der Waals surface area contributed by atoms with Gasteiger partial charge in [0.1, 0.15) is 0 Å². The molecular weight excluding hydrogens is 280 g/mol. The Bertz CT molecular complexity index is 461. The van der Waals surface area contributed by atoms with Crippen LogP contribution in [0.25, 0.3) is 0 Å². The Morgan fingerprint density at radius 3 is 2.88 bits per heavy atom. The van der Waals surface area contributed by atoms with Gasteiger partial charge in [-0.3, -0.25) is 10.1 Å². The Balaban J connectivity index is 2.91. The summed E-state index contributed by atoms with van der Waals surface area (Å²) >= 11 is 3.05. The number of amides is 2. The fraction of sp³-hybridized carbons (Fsp3) is 0. The summed E-state index contributed by atoms with van der Waals surface area (Å²) in [6, 6.07) is 3.63. The van der Waals surface area contributed by atoms with Gasteiger partial charge in [0.25, 0.3) is 5.69 Å². The molecule has 0 saturated carbocycles. The Morgan fingerprint density at radius 1 is 1.62 bits per heavy atom. The Hall–Kier alpha value is -1.96. The van der Waals surface area contributed by atoms with Gasteiger partial charge in [-0.05, 0) is 22.0 Å². The predicted octanol–water partition coefficient (Wildman–Crippen LogP) is 1.36. The number of nitro groups is 1. The molecule has 1 aromatic rings. The summed E-state index contributed by atoms with van der Waals surface area (Å²) in [6.07, 6.45) is 1.25. The maximum atomic E-state index is 10.6. The summed E-state index contributed by atoms with van der Waals surface area (Å²) < 4.78 is 0.373. The molecule has 0 saturated heterocycles. The fourth-order valence-electron chi connectivity index (χ4n) is 0.920. The van der Waals surface area contributed by atoms with E-state index in [4.69, 9.17) is 5.73 Å². The van der Waals surface area contributed by atoms with E-state index in [1.165, 1.54) is 18.3 Å². The van der Waals surface area contributed by atoms with Crippen molar-refractivity contribution in [2.24, 2.45) is 10.8 Å². The van der Waals surface area contributed by atoms with Gasteiger partial charge in [0.05, 0.1) is 15.6 Å². The first-order valence-electron chi connectivity index (χ1n) is 4.03. The van der Waals surface area contributed by atoms with Gasteiger partial charge >= 0.3 is 6.03 Å². The van der Waals surface area contributed by atoms with Crippen LogP contribution in [-0.4, -0.2) is 17.2 Å². The van der Waals surface area contributed by atoms with Crippen LogP contribution in [-0.2, 0) is 0 Å². The van der Waals surface area contributed by atoms with E-state index < -0.39 is 11.0 Å². The summed E-state index contributed by atoms with van der Waals surface area (Å²) in [5.41, 5.74) is 7.16. The second-order valence-corrected chi connectivity index (χ2v) is 3.56. The minimum Gasteiger partial charge on any atom is -0.350 e. The summed E-state index contributed by atoms with van der Waals surface area (Å²) in [5.74, 6) is 0. The second-order valence-electron chi connectivity index (χ2n) is 2.70. The maximum Gasteiger partial charge on any atom is 0.332 e.